The predicted molar refractivity (Wildman–Crippen MR) is 107 cm³/mol. The zero-order valence-corrected chi connectivity index (χ0v) is 16.1. The Bertz CT molecular complexity index is 1060. The molecular weight excluding hydrogens is 393 g/mol. The molecule has 1 N–H and O–H groups in total. The van der Waals surface area contributed by atoms with Crippen LogP contribution < -0.4 is 0 Å². The third-order valence-corrected chi connectivity index (χ3v) is 5.67. The highest BCUT2D eigenvalue weighted by atomic mass is 19.4. The number of hydrogen-bond acceptors (Lipinski definition) is 3. The first-order valence-corrected chi connectivity index (χ1v) is 9.82. The fourth-order valence-corrected chi connectivity index (χ4v) is 4.09. The van der Waals surface area contributed by atoms with Crippen LogP contribution >= 0.6 is 0 Å². The first-order valence-electron chi connectivity index (χ1n) is 9.82. The summed E-state index contributed by atoms with van der Waals surface area (Å²) in [5, 5.41) is 10.2. The molecule has 0 radical (unpaired) electrons. The summed E-state index contributed by atoms with van der Waals surface area (Å²) in [5.74, 6) is -1.25. The number of piperidine rings is 1. The Kier molecular flexibility index (Phi) is 5.47. The molecule has 1 aliphatic heterocycles. The molecule has 2 aromatic carbocycles. The highest BCUT2D eigenvalue weighted by Crippen LogP contribution is 2.36. The van der Waals surface area contributed by atoms with Crippen LogP contribution in [-0.2, 0) is 11.0 Å². The van der Waals surface area contributed by atoms with Crippen LogP contribution in [0, 0.1) is 5.92 Å². The number of halogens is 3. The van der Waals surface area contributed by atoms with Gasteiger partial charge < -0.3 is 5.11 Å². The number of likely N-dealkylation sites (tertiary alicyclic amines) is 1. The molecule has 0 saturated carbocycles. The van der Waals surface area contributed by atoms with Gasteiger partial charge in [0.25, 0.3) is 0 Å². The number of alkyl halides is 3. The molecule has 1 atom stereocenters. The molecule has 1 unspecified atom stereocenters. The lowest BCUT2D eigenvalue weighted by Crippen LogP contribution is -2.39. The summed E-state index contributed by atoms with van der Waals surface area (Å²) in [4.78, 5) is 18.1. The highest BCUT2D eigenvalue weighted by molar-refractivity contribution is 5.78. The van der Waals surface area contributed by atoms with E-state index in [1.165, 1.54) is 12.1 Å². The van der Waals surface area contributed by atoms with E-state index in [0.29, 0.717) is 37.2 Å². The maximum absolute atomic E-state index is 13.3. The number of hydrogen-bond donors (Lipinski definition) is 1. The number of aliphatic carboxylic acids is 1. The third-order valence-electron chi connectivity index (χ3n) is 5.67. The van der Waals surface area contributed by atoms with Gasteiger partial charge in [-0.1, -0.05) is 36.4 Å². The third kappa shape index (κ3) is 4.16. The second-order valence-corrected chi connectivity index (χ2v) is 7.60. The zero-order chi connectivity index (χ0) is 21.3. The molecule has 1 aliphatic rings. The lowest BCUT2D eigenvalue weighted by atomic mass is 9.92. The zero-order valence-electron chi connectivity index (χ0n) is 16.1. The van der Waals surface area contributed by atoms with E-state index in [1.54, 1.807) is 6.07 Å². The number of aromatic nitrogens is 1. The molecule has 1 fully saturated rings. The van der Waals surface area contributed by atoms with Crippen LogP contribution in [0.25, 0.3) is 10.9 Å². The second kappa shape index (κ2) is 8.07. The van der Waals surface area contributed by atoms with E-state index in [2.05, 4.69) is 0 Å². The molecule has 0 aliphatic carbocycles. The summed E-state index contributed by atoms with van der Waals surface area (Å²) in [5.41, 5.74) is 1.22. The molecule has 0 bridgehead atoms. The monoisotopic (exact) mass is 414 g/mol. The Labute approximate surface area is 172 Å². The molecule has 30 heavy (non-hydrogen) atoms. The van der Waals surface area contributed by atoms with Crippen molar-refractivity contribution in [3.05, 3.63) is 77.5 Å². The fraction of sp³-hybridized carbons (Fsp3) is 0.304. The number of carbonyl (C=O) groups is 1. The minimum Gasteiger partial charge on any atom is -0.481 e. The van der Waals surface area contributed by atoms with Gasteiger partial charge >= 0.3 is 12.1 Å². The quantitative estimate of drug-likeness (QED) is 0.642. The Morgan fingerprint density at radius 1 is 1.03 bits per heavy atom. The van der Waals surface area contributed by atoms with E-state index in [4.69, 9.17) is 4.98 Å². The van der Waals surface area contributed by atoms with Crippen LogP contribution in [0.1, 0.15) is 35.7 Å². The molecule has 7 heteroatoms. The van der Waals surface area contributed by atoms with Gasteiger partial charge in [0.15, 0.2) is 0 Å². The van der Waals surface area contributed by atoms with E-state index in [9.17, 15) is 23.1 Å². The maximum Gasteiger partial charge on any atom is 0.416 e. The molecule has 1 saturated heterocycles. The average Bonchev–Trinajstić information content (AvgIpc) is 2.74. The number of pyridine rings is 1. The van der Waals surface area contributed by atoms with Crippen molar-refractivity contribution in [3.8, 4) is 0 Å². The van der Waals surface area contributed by atoms with Crippen LogP contribution in [0.2, 0.25) is 0 Å². The lowest BCUT2D eigenvalue weighted by Gasteiger charge is -2.36. The number of carboxylic acid groups (broad SMARTS) is 1. The predicted octanol–water partition coefficient (Wildman–Crippen LogP) is 5.14. The van der Waals surface area contributed by atoms with Gasteiger partial charge in [0.1, 0.15) is 0 Å². The van der Waals surface area contributed by atoms with Crippen molar-refractivity contribution in [1.29, 1.82) is 0 Å². The largest absolute Gasteiger partial charge is 0.481 e. The Morgan fingerprint density at radius 2 is 1.77 bits per heavy atom. The molecule has 2 heterocycles. The maximum atomic E-state index is 13.3. The highest BCUT2D eigenvalue weighted by Gasteiger charge is 2.34. The molecule has 0 amide bonds. The lowest BCUT2D eigenvalue weighted by molar-refractivity contribution is -0.143. The molecular formula is C23H21F3N2O2. The Hall–Kier alpha value is -2.93. The van der Waals surface area contributed by atoms with Crippen LogP contribution in [0.4, 0.5) is 13.2 Å². The number of rotatable bonds is 4. The smallest absolute Gasteiger partial charge is 0.416 e. The average molecular weight is 414 g/mol. The number of fused-ring (bicyclic) bond motifs is 1. The van der Waals surface area contributed by atoms with Crippen LogP contribution in [0.5, 0.6) is 0 Å². The summed E-state index contributed by atoms with van der Waals surface area (Å²) >= 11 is 0. The van der Waals surface area contributed by atoms with Gasteiger partial charge in [0.05, 0.1) is 28.7 Å². The normalized spacial score (nSPS) is 17.2. The summed E-state index contributed by atoms with van der Waals surface area (Å²) in [6.07, 6.45) is -3.52. The number of carboxylic acids is 1. The number of nitrogens with zero attached hydrogens (tertiary/aromatic N) is 2. The van der Waals surface area contributed by atoms with Crippen LogP contribution in [0.15, 0.2) is 60.7 Å². The van der Waals surface area contributed by atoms with Crippen molar-refractivity contribution in [1.82, 2.24) is 9.88 Å². The topological polar surface area (TPSA) is 53.4 Å². The molecule has 4 nitrogen and oxygen atoms in total. The first kappa shape index (κ1) is 20.3. The molecule has 0 spiro atoms. The van der Waals surface area contributed by atoms with Crippen molar-refractivity contribution >= 4 is 16.9 Å². The van der Waals surface area contributed by atoms with E-state index < -0.39 is 29.7 Å². The summed E-state index contributed by atoms with van der Waals surface area (Å²) in [6, 6.07) is 16.2. The van der Waals surface area contributed by atoms with Gasteiger partial charge in [0.2, 0.25) is 0 Å². The van der Waals surface area contributed by atoms with Crippen molar-refractivity contribution in [3.63, 3.8) is 0 Å². The molecule has 4 rings (SSSR count). The van der Waals surface area contributed by atoms with Crippen molar-refractivity contribution < 1.29 is 23.1 Å². The van der Waals surface area contributed by atoms with Crippen molar-refractivity contribution in [2.75, 3.05) is 13.1 Å². The van der Waals surface area contributed by atoms with Crippen molar-refractivity contribution in [2.45, 2.75) is 25.1 Å². The minimum absolute atomic E-state index is 0.423. The standard InChI is InChI=1S/C23H21F3N2O2/c24-23(25,26)18-6-3-5-17(14-18)21(28-12-10-16(11-13-28)22(29)30)20-9-8-15-4-1-2-7-19(15)27-20/h1-9,14,16,21H,10-13H2,(H,29,30). The van der Waals surface area contributed by atoms with Gasteiger partial charge in [-0.3, -0.25) is 14.7 Å². The van der Waals surface area contributed by atoms with Crippen molar-refractivity contribution in [2.24, 2.45) is 5.92 Å². The van der Waals surface area contributed by atoms with Gasteiger partial charge in [-0.25, -0.2) is 0 Å². The SMILES string of the molecule is O=C(O)C1CCN(C(c2cccc(C(F)(F)F)c2)c2ccc3ccccc3n2)CC1. The molecule has 1 aromatic heterocycles. The summed E-state index contributed by atoms with van der Waals surface area (Å²) in [7, 11) is 0. The molecule has 3 aromatic rings. The number of para-hydroxylation sites is 1. The van der Waals surface area contributed by atoms with Gasteiger partial charge in [0, 0.05) is 5.39 Å². The Balaban J connectivity index is 1.76. The van der Waals surface area contributed by atoms with E-state index in [-0.39, 0.29) is 0 Å². The van der Waals surface area contributed by atoms with Crippen LogP contribution in [0.3, 0.4) is 0 Å². The van der Waals surface area contributed by atoms with Gasteiger partial charge in [-0.2, -0.15) is 13.2 Å². The molecule has 156 valence electrons. The van der Waals surface area contributed by atoms with Gasteiger partial charge in [-0.05, 0) is 55.8 Å². The summed E-state index contributed by atoms with van der Waals surface area (Å²) in [6.45, 7) is 0.957. The summed E-state index contributed by atoms with van der Waals surface area (Å²) < 4.78 is 40.0. The Morgan fingerprint density at radius 3 is 2.47 bits per heavy atom. The van der Waals surface area contributed by atoms with E-state index in [0.717, 1.165) is 17.0 Å². The fourth-order valence-electron chi connectivity index (χ4n) is 4.09. The second-order valence-electron chi connectivity index (χ2n) is 7.60. The van der Waals surface area contributed by atoms with Crippen LogP contribution in [-0.4, -0.2) is 34.0 Å². The number of benzene rings is 2. The van der Waals surface area contributed by atoms with E-state index in [1.807, 2.05) is 41.3 Å². The van der Waals surface area contributed by atoms with E-state index >= 15 is 0 Å². The minimum atomic E-state index is -4.44. The first-order chi connectivity index (χ1) is 14.3. The van der Waals surface area contributed by atoms with Gasteiger partial charge in [-0.15, -0.1) is 0 Å².